The first-order valence-corrected chi connectivity index (χ1v) is 8.16. The van der Waals surface area contributed by atoms with Crippen molar-refractivity contribution >= 4 is 29.7 Å². The van der Waals surface area contributed by atoms with Crippen molar-refractivity contribution < 1.29 is 4.79 Å². The topological polar surface area (TPSA) is 62.5 Å². The molecule has 120 valence electrons. The van der Waals surface area contributed by atoms with Crippen molar-refractivity contribution in [2.75, 3.05) is 26.2 Å². The molecule has 2 heterocycles. The molecule has 0 aliphatic carbocycles. The lowest BCUT2D eigenvalue weighted by Crippen LogP contribution is -2.47. The summed E-state index contributed by atoms with van der Waals surface area (Å²) in [5.74, 6) is 0.285. The van der Waals surface area contributed by atoms with Crippen LogP contribution >= 0.6 is 23.7 Å². The van der Waals surface area contributed by atoms with Crippen LogP contribution in [0.5, 0.6) is 0 Å². The highest BCUT2D eigenvalue weighted by Crippen LogP contribution is 2.11. The monoisotopic (exact) mass is 332 g/mol. The van der Waals surface area contributed by atoms with Crippen LogP contribution in [-0.2, 0) is 11.3 Å². The first-order chi connectivity index (χ1) is 9.58. The van der Waals surface area contributed by atoms with E-state index in [4.69, 9.17) is 5.73 Å². The Hall–Kier alpha value is -0.690. The van der Waals surface area contributed by atoms with Crippen molar-refractivity contribution in [2.24, 2.45) is 11.7 Å². The molecular weight excluding hydrogens is 308 g/mol. The molecular formula is C14H25ClN4OS. The number of nitrogens with zero attached hydrogens (tertiary/aromatic N) is 3. The van der Waals surface area contributed by atoms with Gasteiger partial charge in [-0.15, -0.1) is 23.7 Å². The van der Waals surface area contributed by atoms with Gasteiger partial charge in [-0.2, -0.15) is 0 Å². The lowest BCUT2D eigenvalue weighted by Gasteiger charge is -2.26. The van der Waals surface area contributed by atoms with Crippen molar-refractivity contribution in [3.8, 4) is 0 Å². The number of hydrogen-bond donors (Lipinski definition) is 1. The fourth-order valence-electron chi connectivity index (χ4n) is 2.39. The third-order valence-corrected chi connectivity index (χ3v) is 4.41. The summed E-state index contributed by atoms with van der Waals surface area (Å²) in [7, 11) is 0. The van der Waals surface area contributed by atoms with Gasteiger partial charge in [-0.25, -0.2) is 4.98 Å². The third-order valence-electron chi connectivity index (χ3n) is 3.77. The summed E-state index contributed by atoms with van der Waals surface area (Å²) < 4.78 is 0. The van der Waals surface area contributed by atoms with Crippen molar-refractivity contribution in [1.29, 1.82) is 0 Å². The van der Waals surface area contributed by atoms with E-state index < -0.39 is 0 Å². The van der Waals surface area contributed by atoms with Gasteiger partial charge in [0.05, 0.1) is 17.2 Å². The van der Waals surface area contributed by atoms with Crippen LogP contribution < -0.4 is 5.73 Å². The molecule has 1 aliphatic rings. The van der Waals surface area contributed by atoms with Gasteiger partial charge in [0.25, 0.3) is 0 Å². The first kappa shape index (κ1) is 18.4. The van der Waals surface area contributed by atoms with Crippen LogP contribution in [0.25, 0.3) is 0 Å². The van der Waals surface area contributed by atoms with Crippen LogP contribution in [0.4, 0.5) is 0 Å². The number of rotatable bonds is 4. The molecule has 1 atom stereocenters. The Bertz CT molecular complexity index is 427. The van der Waals surface area contributed by atoms with Gasteiger partial charge in [-0.3, -0.25) is 9.69 Å². The van der Waals surface area contributed by atoms with E-state index in [0.717, 1.165) is 44.8 Å². The summed E-state index contributed by atoms with van der Waals surface area (Å²) in [6.45, 7) is 8.36. The molecule has 1 saturated heterocycles. The van der Waals surface area contributed by atoms with Crippen molar-refractivity contribution in [3.63, 3.8) is 0 Å². The highest BCUT2D eigenvalue weighted by atomic mass is 35.5. The second kappa shape index (κ2) is 8.68. The molecule has 2 N–H and O–H groups in total. The Kier molecular flexibility index (Phi) is 7.59. The minimum absolute atomic E-state index is 0. The smallest absolute Gasteiger partial charge is 0.239 e. The Labute approximate surface area is 136 Å². The molecule has 1 aromatic heterocycles. The Morgan fingerprint density at radius 3 is 2.76 bits per heavy atom. The number of thiazole rings is 1. The quantitative estimate of drug-likeness (QED) is 0.909. The zero-order valence-corrected chi connectivity index (χ0v) is 14.3. The Morgan fingerprint density at radius 1 is 1.38 bits per heavy atom. The molecule has 21 heavy (non-hydrogen) atoms. The highest BCUT2D eigenvalue weighted by molar-refractivity contribution is 7.07. The summed E-state index contributed by atoms with van der Waals surface area (Å²) in [6.07, 6.45) is 1.00. The number of amides is 1. The lowest BCUT2D eigenvalue weighted by molar-refractivity contribution is -0.133. The normalized spacial score (nSPS) is 18.2. The minimum atomic E-state index is -0.375. The Morgan fingerprint density at radius 2 is 2.14 bits per heavy atom. The predicted molar refractivity (Wildman–Crippen MR) is 88.6 cm³/mol. The standard InChI is InChI=1S/C14H24N4OS.ClH/c1-11(2)13(15)14(19)18-5-3-4-17(6-7-18)8-12-9-20-10-16-12;/h9-11,13H,3-8,15H2,1-2H3;1H/t13-;/m0./s1. The summed E-state index contributed by atoms with van der Waals surface area (Å²) >= 11 is 1.63. The van der Waals surface area contributed by atoms with E-state index in [1.165, 1.54) is 0 Å². The van der Waals surface area contributed by atoms with Crippen LogP contribution in [0.1, 0.15) is 26.0 Å². The zero-order valence-electron chi connectivity index (χ0n) is 12.7. The van der Waals surface area contributed by atoms with E-state index in [1.54, 1.807) is 11.3 Å². The summed E-state index contributed by atoms with van der Waals surface area (Å²) in [5.41, 5.74) is 8.96. The molecule has 1 amide bonds. The maximum atomic E-state index is 12.3. The largest absolute Gasteiger partial charge is 0.340 e. The highest BCUT2D eigenvalue weighted by Gasteiger charge is 2.25. The second-order valence-corrected chi connectivity index (χ2v) is 6.42. The number of carbonyl (C=O) groups is 1. The van der Waals surface area contributed by atoms with Crippen LogP contribution in [0, 0.1) is 5.92 Å². The van der Waals surface area contributed by atoms with Gasteiger partial charge < -0.3 is 10.6 Å². The van der Waals surface area contributed by atoms with Crippen LogP contribution in [0.15, 0.2) is 10.9 Å². The number of nitrogens with two attached hydrogens (primary N) is 1. The summed E-state index contributed by atoms with van der Waals surface area (Å²) in [6, 6.07) is -0.375. The van der Waals surface area contributed by atoms with Crippen molar-refractivity contribution in [2.45, 2.75) is 32.9 Å². The average Bonchev–Trinajstić information content (AvgIpc) is 2.82. The maximum absolute atomic E-state index is 12.3. The first-order valence-electron chi connectivity index (χ1n) is 7.21. The fraction of sp³-hybridized carbons (Fsp3) is 0.714. The Balaban J connectivity index is 0.00000220. The predicted octanol–water partition coefficient (Wildman–Crippen LogP) is 1.58. The zero-order chi connectivity index (χ0) is 14.5. The maximum Gasteiger partial charge on any atom is 0.239 e. The molecule has 0 radical (unpaired) electrons. The van der Waals surface area contributed by atoms with Gasteiger partial charge in [0, 0.05) is 38.1 Å². The molecule has 0 unspecified atom stereocenters. The number of hydrogen-bond acceptors (Lipinski definition) is 5. The van der Waals surface area contributed by atoms with Crippen LogP contribution in [0.3, 0.4) is 0 Å². The molecule has 1 aromatic rings. The van der Waals surface area contributed by atoms with Crippen LogP contribution in [0.2, 0.25) is 0 Å². The molecule has 2 rings (SSSR count). The lowest BCUT2D eigenvalue weighted by atomic mass is 10.0. The van der Waals surface area contributed by atoms with Crippen LogP contribution in [-0.4, -0.2) is 52.9 Å². The summed E-state index contributed by atoms with van der Waals surface area (Å²) in [4.78, 5) is 20.9. The number of halogens is 1. The van der Waals surface area contributed by atoms with E-state index in [2.05, 4.69) is 15.3 Å². The van der Waals surface area contributed by atoms with Gasteiger partial charge in [-0.1, -0.05) is 13.8 Å². The molecule has 5 nitrogen and oxygen atoms in total. The SMILES string of the molecule is CC(C)[C@H](N)C(=O)N1CCCN(Cc2cscn2)CC1.Cl. The molecule has 1 aliphatic heterocycles. The van der Waals surface area contributed by atoms with Gasteiger partial charge >= 0.3 is 0 Å². The average molecular weight is 333 g/mol. The summed E-state index contributed by atoms with van der Waals surface area (Å²) in [5, 5.41) is 2.09. The van der Waals surface area contributed by atoms with E-state index >= 15 is 0 Å². The van der Waals surface area contributed by atoms with E-state index in [9.17, 15) is 4.79 Å². The molecule has 7 heteroatoms. The van der Waals surface area contributed by atoms with E-state index in [1.807, 2.05) is 24.3 Å². The molecule has 0 bridgehead atoms. The van der Waals surface area contributed by atoms with Gasteiger partial charge in [0.2, 0.25) is 5.91 Å². The third kappa shape index (κ3) is 5.21. The second-order valence-electron chi connectivity index (χ2n) is 5.70. The number of carbonyl (C=O) groups excluding carboxylic acids is 1. The molecule has 0 saturated carbocycles. The van der Waals surface area contributed by atoms with Crippen molar-refractivity contribution in [1.82, 2.24) is 14.8 Å². The number of aromatic nitrogens is 1. The molecule has 0 spiro atoms. The molecule has 1 fully saturated rings. The van der Waals surface area contributed by atoms with Crippen molar-refractivity contribution in [3.05, 3.63) is 16.6 Å². The van der Waals surface area contributed by atoms with E-state index in [-0.39, 0.29) is 30.3 Å². The molecule has 0 aromatic carbocycles. The van der Waals surface area contributed by atoms with Gasteiger partial charge in [-0.05, 0) is 12.3 Å². The van der Waals surface area contributed by atoms with Gasteiger partial charge in [0.1, 0.15) is 0 Å². The minimum Gasteiger partial charge on any atom is -0.340 e. The van der Waals surface area contributed by atoms with Gasteiger partial charge in [0.15, 0.2) is 0 Å². The fourth-order valence-corrected chi connectivity index (χ4v) is 2.94. The van der Waals surface area contributed by atoms with E-state index in [0.29, 0.717) is 0 Å².